The standard InChI is InChI=1S/C36H61N3O21/c1-16(42)38-24-19(45)12-36(35(53)54,60-32(24)26(48)20(46)13-40)56-15-22-27(49)29(51)30(52)34(58-22)59-31-21(14-41)57-33(25(28(31)50)39-17(2)43)55-11-7-6-9-18(44)8-4-5-10-23(47)37-3/h19-22,24-34,40-41,45-46,48-52H,4-15H2,1-3H3,(H,37,47)(H,38,42)(H,39,43)(H,53,54)/t19-,20?,21?,22?,24-,25?,26?,27+,28-,29+,30?,31-,32?,33-,34+,36-/m1/s1. The molecule has 3 rings (SSSR count). The second-order valence-corrected chi connectivity index (χ2v) is 15.0. The topological polar surface area (TPSA) is 379 Å². The Hall–Kier alpha value is -3.05. The first-order valence-corrected chi connectivity index (χ1v) is 19.7. The van der Waals surface area contributed by atoms with Crippen molar-refractivity contribution in [3.63, 3.8) is 0 Å². The molecule has 3 fully saturated rings. The highest BCUT2D eigenvalue weighted by Crippen LogP contribution is 2.35. The maximum Gasteiger partial charge on any atom is 0.364 e. The molecular formula is C36H61N3O21. The van der Waals surface area contributed by atoms with Gasteiger partial charge >= 0.3 is 5.97 Å². The van der Waals surface area contributed by atoms with E-state index in [4.69, 9.17) is 28.4 Å². The molecule has 0 bridgehead atoms. The number of aliphatic carboxylic acids is 1. The van der Waals surface area contributed by atoms with Gasteiger partial charge in [-0.05, 0) is 25.7 Å². The Kier molecular flexibility index (Phi) is 20.5. The molecular weight excluding hydrogens is 810 g/mol. The smallest absolute Gasteiger partial charge is 0.364 e. The molecule has 0 aromatic heterocycles. The summed E-state index contributed by atoms with van der Waals surface area (Å²) in [6, 6.07) is -2.85. The predicted octanol–water partition coefficient (Wildman–Crippen LogP) is -6.01. The summed E-state index contributed by atoms with van der Waals surface area (Å²) in [5.74, 6) is -6.21. The highest BCUT2D eigenvalue weighted by Gasteiger charge is 2.57. The summed E-state index contributed by atoms with van der Waals surface area (Å²) in [5, 5.41) is 113. The number of hydrogen-bond acceptors (Lipinski definition) is 20. The zero-order valence-corrected chi connectivity index (χ0v) is 33.6. The molecule has 0 spiro atoms. The zero-order valence-electron chi connectivity index (χ0n) is 33.6. The molecule has 3 aliphatic rings. The van der Waals surface area contributed by atoms with Gasteiger partial charge in [0.05, 0.1) is 32.0 Å². The van der Waals surface area contributed by atoms with Crippen molar-refractivity contribution in [2.45, 2.75) is 163 Å². The fourth-order valence-corrected chi connectivity index (χ4v) is 7.06. The van der Waals surface area contributed by atoms with E-state index in [1.807, 2.05) is 0 Å². The van der Waals surface area contributed by atoms with Crippen molar-refractivity contribution in [3.8, 4) is 0 Å². The summed E-state index contributed by atoms with van der Waals surface area (Å²) in [7, 11) is 1.53. The number of hydrogen-bond donors (Lipinski definition) is 13. The van der Waals surface area contributed by atoms with Crippen LogP contribution >= 0.6 is 0 Å². The molecule has 7 unspecified atom stereocenters. The van der Waals surface area contributed by atoms with E-state index < -0.39 is 142 Å². The predicted molar refractivity (Wildman–Crippen MR) is 197 cm³/mol. The summed E-state index contributed by atoms with van der Waals surface area (Å²) in [6.45, 7) is -0.627. The number of rotatable bonds is 23. The number of aliphatic hydroxyl groups excluding tert-OH is 9. The molecule has 13 N–H and O–H groups in total. The van der Waals surface area contributed by atoms with E-state index in [0.29, 0.717) is 38.5 Å². The number of carbonyl (C=O) groups is 5. The number of carboxylic acid groups (broad SMARTS) is 1. The van der Waals surface area contributed by atoms with Gasteiger partial charge < -0.3 is 95.4 Å². The van der Waals surface area contributed by atoms with Crippen molar-refractivity contribution in [3.05, 3.63) is 0 Å². The van der Waals surface area contributed by atoms with Crippen LogP contribution in [0.15, 0.2) is 0 Å². The van der Waals surface area contributed by atoms with Crippen LogP contribution in [0.1, 0.15) is 65.2 Å². The summed E-state index contributed by atoms with van der Waals surface area (Å²) >= 11 is 0. The number of carboxylic acids is 1. The highest BCUT2D eigenvalue weighted by atomic mass is 16.8. The third kappa shape index (κ3) is 13.7. The summed E-state index contributed by atoms with van der Waals surface area (Å²) < 4.78 is 34.2. The van der Waals surface area contributed by atoms with Crippen LogP contribution < -0.4 is 16.0 Å². The number of aliphatic hydroxyl groups is 9. The Balaban J connectivity index is 1.70. The van der Waals surface area contributed by atoms with E-state index in [2.05, 4.69) is 16.0 Å². The van der Waals surface area contributed by atoms with E-state index in [-0.39, 0.29) is 24.7 Å². The molecule has 60 heavy (non-hydrogen) atoms. The fourth-order valence-electron chi connectivity index (χ4n) is 7.06. The number of amides is 3. The molecule has 3 heterocycles. The van der Waals surface area contributed by atoms with E-state index in [1.54, 1.807) is 0 Å². The van der Waals surface area contributed by atoms with Crippen LogP contribution in [0.25, 0.3) is 0 Å². The quantitative estimate of drug-likeness (QED) is 0.0425. The lowest BCUT2D eigenvalue weighted by Crippen LogP contribution is -2.69. The van der Waals surface area contributed by atoms with Crippen LogP contribution in [0.4, 0.5) is 0 Å². The van der Waals surface area contributed by atoms with Crippen LogP contribution in [0.5, 0.6) is 0 Å². The van der Waals surface area contributed by atoms with E-state index in [1.165, 1.54) is 7.05 Å². The number of unbranched alkanes of at least 4 members (excludes halogenated alkanes) is 2. The van der Waals surface area contributed by atoms with Crippen LogP contribution in [-0.2, 0) is 52.4 Å². The van der Waals surface area contributed by atoms with Gasteiger partial charge in [0, 0.05) is 53.2 Å². The highest BCUT2D eigenvalue weighted by molar-refractivity contribution is 5.79. The van der Waals surface area contributed by atoms with Crippen LogP contribution in [0.2, 0.25) is 0 Å². The Bertz CT molecular complexity index is 1410. The van der Waals surface area contributed by atoms with Crippen molar-refractivity contribution in [1.82, 2.24) is 16.0 Å². The normalized spacial score (nSPS) is 35.5. The lowest BCUT2D eigenvalue weighted by Gasteiger charge is -2.48. The van der Waals surface area contributed by atoms with Gasteiger partial charge in [0.25, 0.3) is 5.79 Å². The average Bonchev–Trinajstić information content (AvgIpc) is 3.20. The molecule has 0 aromatic rings. The Morgan fingerprint density at radius 3 is 1.97 bits per heavy atom. The van der Waals surface area contributed by atoms with Gasteiger partial charge in [0.15, 0.2) is 12.6 Å². The van der Waals surface area contributed by atoms with Crippen LogP contribution in [0, 0.1) is 0 Å². The number of nitrogens with one attached hydrogen (secondary N) is 3. The van der Waals surface area contributed by atoms with Gasteiger partial charge in [-0.25, -0.2) is 4.79 Å². The summed E-state index contributed by atoms with van der Waals surface area (Å²) in [5.41, 5.74) is 0. The van der Waals surface area contributed by atoms with Crippen molar-refractivity contribution in [1.29, 1.82) is 0 Å². The van der Waals surface area contributed by atoms with Gasteiger partial charge in [-0.15, -0.1) is 0 Å². The minimum absolute atomic E-state index is 0.00546. The molecule has 16 atom stereocenters. The molecule has 3 aliphatic heterocycles. The lowest BCUT2D eigenvalue weighted by atomic mass is 9.88. The first-order chi connectivity index (χ1) is 28.3. The monoisotopic (exact) mass is 871 g/mol. The van der Waals surface area contributed by atoms with E-state index >= 15 is 0 Å². The third-order valence-corrected chi connectivity index (χ3v) is 10.4. The molecule has 0 radical (unpaired) electrons. The molecule has 24 nitrogen and oxygen atoms in total. The molecule has 3 amide bonds. The summed E-state index contributed by atoms with van der Waals surface area (Å²) in [6.07, 6.45) is -21.7. The van der Waals surface area contributed by atoms with E-state index in [9.17, 15) is 75.0 Å². The Labute approximate surface area is 345 Å². The zero-order chi connectivity index (χ0) is 44.9. The number of carbonyl (C=O) groups excluding carboxylic acids is 4. The van der Waals surface area contributed by atoms with Gasteiger partial charge in [-0.2, -0.15) is 0 Å². The van der Waals surface area contributed by atoms with Crippen molar-refractivity contribution in [2.75, 3.05) is 33.5 Å². The Morgan fingerprint density at radius 1 is 0.783 bits per heavy atom. The molecule has 0 aliphatic carbocycles. The first-order valence-electron chi connectivity index (χ1n) is 19.7. The maximum absolute atomic E-state index is 12.6. The molecule has 24 heteroatoms. The molecule has 0 aromatic carbocycles. The summed E-state index contributed by atoms with van der Waals surface area (Å²) in [4.78, 5) is 60.2. The average molecular weight is 872 g/mol. The van der Waals surface area contributed by atoms with Crippen molar-refractivity contribution < 1.29 is 103 Å². The van der Waals surface area contributed by atoms with Gasteiger partial charge in [-0.1, -0.05) is 0 Å². The fraction of sp³-hybridized carbons (Fsp3) is 0.861. The maximum atomic E-state index is 12.6. The van der Waals surface area contributed by atoms with Crippen LogP contribution in [-0.4, -0.2) is 212 Å². The SMILES string of the molecule is CNC(=O)CCCCC(=O)CCCCO[C@@H]1OC(CO)[C@@H](O[C@@H]2OC(CO[C@]3(C(=O)O)C[C@@H](O)[C@@H](NC(C)=O)C(C(O)C(O)CO)O3)[C@H](O)[C@H](O)C2O)[C@H](O)C1NC(C)=O. The molecule has 0 saturated carbocycles. The largest absolute Gasteiger partial charge is 0.477 e. The van der Waals surface area contributed by atoms with Crippen molar-refractivity contribution >= 4 is 29.5 Å². The van der Waals surface area contributed by atoms with E-state index in [0.717, 1.165) is 13.8 Å². The number of Topliss-reactive ketones (excluding diaryl/α,β-unsaturated/α-hetero) is 1. The molecule has 3 saturated heterocycles. The second kappa shape index (κ2) is 24.0. The van der Waals surface area contributed by atoms with Crippen molar-refractivity contribution in [2.24, 2.45) is 0 Å². The second-order valence-electron chi connectivity index (χ2n) is 15.0. The lowest BCUT2D eigenvalue weighted by molar-refractivity contribution is -0.360. The number of ether oxygens (including phenoxy) is 6. The van der Waals surface area contributed by atoms with Crippen LogP contribution in [0.3, 0.4) is 0 Å². The van der Waals surface area contributed by atoms with Gasteiger partial charge in [0.1, 0.15) is 72.9 Å². The van der Waals surface area contributed by atoms with Gasteiger partial charge in [-0.3, -0.25) is 19.2 Å². The third-order valence-electron chi connectivity index (χ3n) is 10.4. The minimum atomic E-state index is -2.87. The first kappa shape index (κ1) is 51.3. The Morgan fingerprint density at radius 2 is 1.38 bits per heavy atom. The van der Waals surface area contributed by atoms with Gasteiger partial charge in [0.2, 0.25) is 17.7 Å². The minimum Gasteiger partial charge on any atom is -0.477 e. The number of ketones is 1. The molecule has 346 valence electrons.